The molecule has 0 spiro atoms. The minimum Gasteiger partial charge on any atom is -0.493 e. The van der Waals surface area contributed by atoms with Crippen LogP contribution in [-0.4, -0.2) is 21.4 Å². The van der Waals surface area contributed by atoms with Crippen LogP contribution in [0.5, 0.6) is 11.5 Å². The standard InChI is InChI=1S/C22H19ClN2O4S/c1-14-6-5-7-15(10-14)13-29-21-17(23)11-16(12-19(21)28-2)22-24-18-8-3-4-9-20(18)30(26,27)25-22/h3-12H,13H2,1-2H3,(H,24,25). The van der Waals surface area contributed by atoms with Gasteiger partial charge in [0.2, 0.25) is 0 Å². The van der Waals surface area contributed by atoms with Gasteiger partial charge < -0.3 is 14.8 Å². The van der Waals surface area contributed by atoms with Crippen LogP contribution in [0.15, 0.2) is 70.0 Å². The number of benzene rings is 3. The van der Waals surface area contributed by atoms with Gasteiger partial charge in [-0.15, -0.1) is 4.40 Å². The molecule has 1 aliphatic heterocycles. The summed E-state index contributed by atoms with van der Waals surface area (Å²) in [5, 5.41) is 3.34. The molecule has 0 bridgehead atoms. The summed E-state index contributed by atoms with van der Waals surface area (Å²) in [6, 6.07) is 17.8. The fourth-order valence-corrected chi connectivity index (χ4v) is 4.60. The van der Waals surface area contributed by atoms with Gasteiger partial charge in [-0.25, -0.2) is 0 Å². The zero-order valence-corrected chi connectivity index (χ0v) is 17.9. The van der Waals surface area contributed by atoms with Gasteiger partial charge in [-0.3, -0.25) is 0 Å². The van der Waals surface area contributed by atoms with E-state index < -0.39 is 10.0 Å². The maximum absolute atomic E-state index is 12.5. The summed E-state index contributed by atoms with van der Waals surface area (Å²) < 4.78 is 40.3. The molecule has 0 amide bonds. The number of methoxy groups -OCH3 is 1. The lowest BCUT2D eigenvalue weighted by atomic mass is 10.1. The van der Waals surface area contributed by atoms with Gasteiger partial charge in [0.05, 0.1) is 17.8 Å². The number of para-hydroxylation sites is 1. The molecule has 0 saturated carbocycles. The number of nitrogens with one attached hydrogen (secondary N) is 1. The van der Waals surface area contributed by atoms with Crippen LogP contribution in [0.2, 0.25) is 5.02 Å². The quantitative estimate of drug-likeness (QED) is 0.614. The van der Waals surface area contributed by atoms with Crippen LogP contribution in [0.3, 0.4) is 0 Å². The second kappa shape index (κ2) is 8.01. The van der Waals surface area contributed by atoms with Crippen molar-refractivity contribution in [2.45, 2.75) is 18.4 Å². The van der Waals surface area contributed by atoms with Crippen molar-refractivity contribution in [3.8, 4) is 11.5 Å². The largest absolute Gasteiger partial charge is 0.493 e. The summed E-state index contributed by atoms with van der Waals surface area (Å²) in [6.07, 6.45) is 0. The number of nitrogens with zero attached hydrogens (tertiary/aromatic N) is 1. The molecule has 0 fully saturated rings. The lowest BCUT2D eigenvalue weighted by molar-refractivity contribution is 0.284. The predicted octanol–water partition coefficient (Wildman–Crippen LogP) is 4.80. The lowest BCUT2D eigenvalue weighted by Crippen LogP contribution is -2.22. The molecule has 8 heteroatoms. The van der Waals surface area contributed by atoms with E-state index in [0.29, 0.717) is 29.4 Å². The number of hydrogen-bond acceptors (Lipinski definition) is 5. The number of fused-ring (bicyclic) bond motifs is 1. The van der Waals surface area contributed by atoms with Crippen molar-refractivity contribution >= 4 is 33.1 Å². The van der Waals surface area contributed by atoms with E-state index in [-0.39, 0.29) is 15.8 Å². The van der Waals surface area contributed by atoms with Crippen molar-refractivity contribution in [2.24, 2.45) is 4.40 Å². The molecule has 0 saturated heterocycles. The molecule has 3 aromatic carbocycles. The van der Waals surface area contributed by atoms with Crippen molar-refractivity contribution in [3.63, 3.8) is 0 Å². The fraction of sp³-hybridized carbons (Fsp3) is 0.136. The molecule has 0 atom stereocenters. The van der Waals surface area contributed by atoms with Gasteiger partial charge in [-0.2, -0.15) is 8.42 Å². The Morgan fingerprint density at radius 1 is 1.07 bits per heavy atom. The number of rotatable bonds is 5. The Labute approximate surface area is 180 Å². The summed E-state index contributed by atoms with van der Waals surface area (Å²) in [5.74, 6) is 0.925. The van der Waals surface area contributed by atoms with Crippen LogP contribution < -0.4 is 14.8 Å². The van der Waals surface area contributed by atoms with Crippen molar-refractivity contribution in [3.05, 3.63) is 82.4 Å². The van der Waals surface area contributed by atoms with Gasteiger partial charge >= 0.3 is 0 Å². The van der Waals surface area contributed by atoms with Gasteiger partial charge in [0, 0.05) is 5.56 Å². The van der Waals surface area contributed by atoms with Gasteiger partial charge in [0.25, 0.3) is 10.0 Å². The molecule has 4 rings (SSSR count). The van der Waals surface area contributed by atoms with Crippen LogP contribution in [0.25, 0.3) is 0 Å². The van der Waals surface area contributed by atoms with E-state index in [2.05, 4.69) is 9.71 Å². The molecule has 0 aromatic heterocycles. The first-order valence-corrected chi connectivity index (χ1v) is 11.0. The normalized spacial score (nSPS) is 14.3. The van der Waals surface area contributed by atoms with E-state index in [0.717, 1.165) is 11.1 Å². The smallest absolute Gasteiger partial charge is 0.286 e. The van der Waals surface area contributed by atoms with Crippen LogP contribution in [0.1, 0.15) is 16.7 Å². The molecule has 154 valence electrons. The maximum Gasteiger partial charge on any atom is 0.286 e. The first-order valence-electron chi connectivity index (χ1n) is 9.14. The Morgan fingerprint density at radius 3 is 2.63 bits per heavy atom. The average Bonchev–Trinajstić information content (AvgIpc) is 2.72. The van der Waals surface area contributed by atoms with Crippen molar-refractivity contribution in [1.82, 2.24) is 0 Å². The van der Waals surface area contributed by atoms with Crippen LogP contribution in [0, 0.1) is 6.92 Å². The third kappa shape index (κ3) is 3.99. The highest BCUT2D eigenvalue weighted by Gasteiger charge is 2.26. The number of amidine groups is 1. The molecule has 1 heterocycles. The van der Waals surface area contributed by atoms with E-state index >= 15 is 0 Å². The number of ether oxygens (including phenoxy) is 2. The SMILES string of the molecule is COc1cc(C2=NS(=O)(=O)c3ccccc3N2)cc(Cl)c1OCc1cccc(C)c1. The number of halogens is 1. The lowest BCUT2D eigenvalue weighted by Gasteiger charge is -2.20. The van der Waals surface area contributed by atoms with Gasteiger partial charge in [0.1, 0.15) is 11.5 Å². The molecule has 0 unspecified atom stereocenters. The highest BCUT2D eigenvalue weighted by atomic mass is 35.5. The molecule has 3 aromatic rings. The first kappa shape index (κ1) is 20.3. The molecule has 0 aliphatic carbocycles. The Hall–Kier alpha value is -3.03. The highest BCUT2D eigenvalue weighted by molar-refractivity contribution is 7.90. The summed E-state index contributed by atoms with van der Waals surface area (Å²) in [6.45, 7) is 2.33. The predicted molar refractivity (Wildman–Crippen MR) is 117 cm³/mol. The second-order valence-electron chi connectivity index (χ2n) is 6.80. The van der Waals surface area contributed by atoms with E-state index in [9.17, 15) is 8.42 Å². The topological polar surface area (TPSA) is 77.0 Å². The molecule has 1 aliphatic rings. The third-order valence-corrected chi connectivity index (χ3v) is 6.21. The second-order valence-corrected chi connectivity index (χ2v) is 8.78. The first-order chi connectivity index (χ1) is 14.4. The fourth-order valence-electron chi connectivity index (χ4n) is 3.19. The number of hydrogen-bond donors (Lipinski definition) is 1. The molecule has 30 heavy (non-hydrogen) atoms. The number of sulfonamides is 1. The number of aryl methyl sites for hydroxylation is 1. The third-order valence-electron chi connectivity index (χ3n) is 4.60. The van der Waals surface area contributed by atoms with Crippen LogP contribution >= 0.6 is 11.6 Å². The van der Waals surface area contributed by atoms with Crippen molar-refractivity contribution in [1.29, 1.82) is 0 Å². The van der Waals surface area contributed by atoms with E-state index in [1.165, 1.54) is 13.2 Å². The van der Waals surface area contributed by atoms with Gasteiger partial charge in [-0.05, 0) is 36.8 Å². The molecule has 6 nitrogen and oxygen atoms in total. The summed E-state index contributed by atoms with van der Waals surface area (Å²) in [4.78, 5) is 0.130. The summed E-state index contributed by atoms with van der Waals surface area (Å²) in [5.41, 5.74) is 3.06. The van der Waals surface area contributed by atoms with Crippen LogP contribution in [-0.2, 0) is 16.6 Å². The minimum absolute atomic E-state index is 0.130. The average molecular weight is 443 g/mol. The Bertz CT molecular complexity index is 1260. The Kier molecular flexibility index (Phi) is 5.40. The molecular weight excluding hydrogens is 424 g/mol. The zero-order chi connectivity index (χ0) is 21.3. The van der Waals surface area contributed by atoms with Crippen LogP contribution in [0.4, 0.5) is 5.69 Å². The Balaban J connectivity index is 1.67. The molecular formula is C22H19ClN2O4S. The van der Waals surface area contributed by atoms with Crippen molar-refractivity contribution in [2.75, 3.05) is 12.4 Å². The maximum atomic E-state index is 12.5. The highest BCUT2D eigenvalue weighted by Crippen LogP contribution is 2.38. The Morgan fingerprint density at radius 2 is 1.87 bits per heavy atom. The van der Waals surface area contributed by atoms with E-state index in [4.69, 9.17) is 21.1 Å². The molecule has 0 radical (unpaired) electrons. The monoisotopic (exact) mass is 442 g/mol. The zero-order valence-electron chi connectivity index (χ0n) is 16.3. The van der Waals surface area contributed by atoms with E-state index in [1.54, 1.807) is 30.3 Å². The minimum atomic E-state index is -3.82. The summed E-state index contributed by atoms with van der Waals surface area (Å²) in [7, 11) is -2.32. The summed E-state index contributed by atoms with van der Waals surface area (Å²) >= 11 is 6.46. The van der Waals surface area contributed by atoms with Crippen molar-refractivity contribution < 1.29 is 17.9 Å². The van der Waals surface area contributed by atoms with Gasteiger partial charge in [0.15, 0.2) is 17.3 Å². The van der Waals surface area contributed by atoms with Gasteiger partial charge in [-0.1, -0.05) is 53.6 Å². The number of anilines is 1. The molecule has 1 N–H and O–H groups in total. The van der Waals surface area contributed by atoms with E-state index in [1.807, 2.05) is 31.2 Å².